The predicted octanol–water partition coefficient (Wildman–Crippen LogP) is 2.70. The smallest absolute Gasteiger partial charge is 0.0960 e. The zero-order valence-corrected chi connectivity index (χ0v) is 12.0. The van der Waals surface area contributed by atoms with Crippen LogP contribution in [0.15, 0.2) is 24.3 Å². The maximum absolute atomic E-state index is 6.07. The number of aromatic nitrogens is 2. The highest BCUT2D eigenvalue weighted by Gasteiger charge is 2.16. The van der Waals surface area contributed by atoms with Gasteiger partial charge in [0.25, 0.3) is 0 Å². The molecule has 104 valence electrons. The summed E-state index contributed by atoms with van der Waals surface area (Å²) in [5.74, 6) is 0. The molecular weight excluding hydrogens is 238 g/mol. The molecule has 0 bridgehead atoms. The molecule has 2 aromatic rings. The number of ether oxygens (including phenoxy) is 1. The van der Waals surface area contributed by atoms with E-state index in [4.69, 9.17) is 10.5 Å². The van der Waals surface area contributed by atoms with Crippen molar-refractivity contribution in [2.45, 2.75) is 45.9 Å². The van der Waals surface area contributed by atoms with E-state index in [0.717, 1.165) is 24.2 Å². The first kappa shape index (κ1) is 14.0. The van der Waals surface area contributed by atoms with Crippen LogP contribution in [-0.4, -0.2) is 21.9 Å². The second-order valence-electron chi connectivity index (χ2n) is 5.28. The van der Waals surface area contributed by atoms with Gasteiger partial charge in [-0.15, -0.1) is 0 Å². The van der Waals surface area contributed by atoms with Crippen LogP contribution in [0, 0.1) is 0 Å². The summed E-state index contributed by atoms with van der Waals surface area (Å²) < 4.78 is 7.75. The summed E-state index contributed by atoms with van der Waals surface area (Å²) in [7, 11) is 0. The molecule has 0 aliphatic carbocycles. The van der Waals surface area contributed by atoms with Crippen molar-refractivity contribution >= 4 is 10.9 Å². The van der Waals surface area contributed by atoms with Crippen molar-refractivity contribution < 1.29 is 4.74 Å². The zero-order valence-electron chi connectivity index (χ0n) is 12.0. The standard InChI is InChI=1S/C15H23N3O/c1-4-15(3,16)11-19-10-13-12-8-6-7-9-14(12)18(5-2)17-13/h6-9H,4-5,10-11,16H2,1-3H3. The lowest BCUT2D eigenvalue weighted by Crippen LogP contribution is -2.40. The number of fused-ring (bicyclic) bond motifs is 1. The minimum atomic E-state index is -0.261. The average molecular weight is 261 g/mol. The van der Waals surface area contributed by atoms with Crippen molar-refractivity contribution in [1.82, 2.24) is 9.78 Å². The number of hydrogen-bond donors (Lipinski definition) is 1. The van der Waals surface area contributed by atoms with Crippen LogP contribution in [0.4, 0.5) is 0 Å². The molecule has 2 N–H and O–H groups in total. The Labute approximate surface area is 114 Å². The molecule has 1 aromatic carbocycles. The molecule has 1 atom stereocenters. The predicted molar refractivity (Wildman–Crippen MR) is 77.9 cm³/mol. The molecule has 1 aromatic heterocycles. The van der Waals surface area contributed by atoms with Gasteiger partial charge in [0.15, 0.2) is 0 Å². The largest absolute Gasteiger partial charge is 0.373 e. The summed E-state index contributed by atoms with van der Waals surface area (Å²) in [6, 6.07) is 8.25. The maximum atomic E-state index is 6.07. The van der Waals surface area contributed by atoms with Crippen LogP contribution in [-0.2, 0) is 17.9 Å². The number of para-hydroxylation sites is 1. The molecule has 0 spiro atoms. The Balaban J connectivity index is 2.13. The lowest BCUT2D eigenvalue weighted by Gasteiger charge is -2.21. The van der Waals surface area contributed by atoms with Crippen LogP contribution in [0.2, 0.25) is 0 Å². The van der Waals surface area contributed by atoms with Crippen LogP contribution in [0.25, 0.3) is 10.9 Å². The number of hydrogen-bond acceptors (Lipinski definition) is 3. The van der Waals surface area contributed by atoms with E-state index >= 15 is 0 Å². The Hall–Kier alpha value is -1.39. The van der Waals surface area contributed by atoms with Crippen molar-refractivity contribution in [3.63, 3.8) is 0 Å². The third kappa shape index (κ3) is 3.14. The average Bonchev–Trinajstić information content (AvgIpc) is 2.77. The summed E-state index contributed by atoms with van der Waals surface area (Å²) in [6.07, 6.45) is 0.900. The minimum Gasteiger partial charge on any atom is -0.373 e. The highest BCUT2D eigenvalue weighted by atomic mass is 16.5. The van der Waals surface area contributed by atoms with Gasteiger partial charge in [0.05, 0.1) is 24.4 Å². The van der Waals surface area contributed by atoms with Gasteiger partial charge >= 0.3 is 0 Å². The molecule has 4 heteroatoms. The number of nitrogens with two attached hydrogens (primary N) is 1. The lowest BCUT2D eigenvalue weighted by molar-refractivity contribution is 0.0760. The molecule has 0 saturated heterocycles. The number of rotatable bonds is 6. The lowest BCUT2D eigenvalue weighted by atomic mass is 10.0. The van der Waals surface area contributed by atoms with E-state index in [1.165, 1.54) is 5.39 Å². The van der Waals surface area contributed by atoms with Crippen LogP contribution < -0.4 is 5.73 Å². The molecule has 0 aliphatic rings. The van der Waals surface area contributed by atoms with E-state index in [2.05, 4.69) is 31.1 Å². The maximum Gasteiger partial charge on any atom is 0.0960 e. The van der Waals surface area contributed by atoms with E-state index in [1.807, 2.05) is 23.7 Å². The Morgan fingerprint density at radius 3 is 2.74 bits per heavy atom. The van der Waals surface area contributed by atoms with Crippen molar-refractivity contribution in [3.8, 4) is 0 Å². The van der Waals surface area contributed by atoms with Gasteiger partial charge < -0.3 is 10.5 Å². The third-order valence-corrected chi connectivity index (χ3v) is 3.51. The van der Waals surface area contributed by atoms with Crippen molar-refractivity contribution in [2.75, 3.05) is 6.61 Å². The molecule has 1 unspecified atom stereocenters. The second-order valence-corrected chi connectivity index (χ2v) is 5.28. The first-order valence-electron chi connectivity index (χ1n) is 6.88. The number of benzene rings is 1. The minimum absolute atomic E-state index is 0.261. The Morgan fingerprint density at radius 2 is 2.05 bits per heavy atom. The van der Waals surface area contributed by atoms with Crippen molar-refractivity contribution in [1.29, 1.82) is 0 Å². The first-order valence-corrected chi connectivity index (χ1v) is 6.88. The van der Waals surface area contributed by atoms with E-state index < -0.39 is 0 Å². The quantitative estimate of drug-likeness (QED) is 0.870. The van der Waals surface area contributed by atoms with Gasteiger partial charge in [0, 0.05) is 17.5 Å². The van der Waals surface area contributed by atoms with Gasteiger partial charge in [-0.25, -0.2) is 0 Å². The molecule has 4 nitrogen and oxygen atoms in total. The van der Waals surface area contributed by atoms with Gasteiger partial charge in [-0.2, -0.15) is 5.10 Å². The molecule has 0 amide bonds. The Kier molecular flexibility index (Phi) is 4.22. The second kappa shape index (κ2) is 5.72. The Morgan fingerprint density at radius 1 is 1.32 bits per heavy atom. The molecule has 1 heterocycles. The SMILES string of the molecule is CCn1nc(COCC(C)(N)CC)c2ccccc21. The fourth-order valence-electron chi connectivity index (χ4n) is 2.03. The molecule has 0 aliphatic heterocycles. The van der Waals surface area contributed by atoms with E-state index in [-0.39, 0.29) is 5.54 Å². The highest BCUT2D eigenvalue weighted by Crippen LogP contribution is 2.19. The zero-order chi connectivity index (χ0) is 13.9. The van der Waals surface area contributed by atoms with Crippen LogP contribution in [0.3, 0.4) is 0 Å². The molecule has 0 fully saturated rings. The van der Waals surface area contributed by atoms with Crippen LogP contribution in [0.5, 0.6) is 0 Å². The van der Waals surface area contributed by atoms with E-state index in [1.54, 1.807) is 0 Å². The molecule has 19 heavy (non-hydrogen) atoms. The molecular formula is C15H23N3O. The van der Waals surface area contributed by atoms with Gasteiger partial charge in [-0.3, -0.25) is 4.68 Å². The van der Waals surface area contributed by atoms with Gasteiger partial charge in [-0.05, 0) is 26.3 Å². The normalized spacial score (nSPS) is 14.7. The summed E-state index contributed by atoms with van der Waals surface area (Å²) >= 11 is 0. The van der Waals surface area contributed by atoms with E-state index in [0.29, 0.717) is 13.2 Å². The Bertz CT molecular complexity index is 545. The first-order chi connectivity index (χ1) is 9.07. The third-order valence-electron chi connectivity index (χ3n) is 3.51. The van der Waals surface area contributed by atoms with E-state index in [9.17, 15) is 0 Å². The fraction of sp³-hybridized carbons (Fsp3) is 0.533. The van der Waals surface area contributed by atoms with Gasteiger partial charge in [-0.1, -0.05) is 25.1 Å². The monoisotopic (exact) mass is 261 g/mol. The topological polar surface area (TPSA) is 53.1 Å². The molecule has 2 rings (SSSR count). The number of aryl methyl sites for hydroxylation is 1. The molecule has 0 saturated carbocycles. The summed E-state index contributed by atoms with van der Waals surface area (Å²) in [4.78, 5) is 0. The van der Waals surface area contributed by atoms with Gasteiger partial charge in [0.2, 0.25) is 0 Å². The summed E-state index contributed by atoms with van der Waals surface area (Å²) in [5.41, 5.74) is 7.96. The van der Waals surface area contributed by atoms with Gasteiger partial charge in [0.1, 0.15) is 0 Å². The summed E-state index contributed by atoms with van der Waals surface area (Å²) in [6.45, 7) is 8.11. The highest BCUT2D eigenvalue weighted by molar-refractivity contribution is 5.81. The van der Waals surface area contributed by atoms with Crippen molar-refractivity contribution in [2.24, 2.45) is 5.73 Å². The van der Waals surface area contributed by atoms with Crippen LogP contribution >= 0.6 is 0 Å². The molecule has 0 radical (unpaired) electrons. The summed E-state index contributed by atoms with van der Waals surface area (Å²) in [5, 5.41) is 5.77. The fourth-order valence-corrected chi connectivity index (χ4v) is 2.03. The van der Waals surface area contributed by atoms with Crippen LogP contribution in [0.1, 0.15) is 32.9 Å². The number of nitrogens with zero attached hydrogens (tertiary/aromatic N) is 2. The van der Waals surface area contributed by atoms with Crippen molar-refractivity contribution in [3.05, 3.63) is 30.0 Å².